The van der Waals surface area contributed by atoms with Gasteiger partial charge in [-0.15, -0.1) is 11.8 Å². The highest BCUT2D eigenvalue weighted by atomic mass is 35.5. The van der Waals surface area contributed by atoms with Crippen molar-refractivity contribution in [2.45, 2.75) is 16.6 Å². The Labute approximate surface area is 133 Å². The Kier molecular flexibility index (Phi) is 5.32. The van der Waals surface area contributed by atoms with Crippen molar-refractivity contribution in [2.75, 3.05) is 14.1 Å². The number of hydrogen-bond acceptors (Lipinski definition) is 5. The van der Waals surface area contributed by atoms with Crippen molar-refractivity contribution in [3.63, 3.8) is 0 Å². The minimum absolute atomic E-state index is 0.0312. The van der Waals surface area contributed by atoms with Crippen molar-refractivity contribution >= 4 is 33.4 Å². The zero-order valence-corrected chi connectivity index (χ0v) is 14.0. The lowest BCUT2D eigenvalue weighted by Crippen LogP contribution is -2.21. The van der Waals surface area contributed by atoms with E-state index in [1.807, 2.05) is 6.07 Å². The molecule has 0 saturated heterocycles. The maximum atomic E-state index is 11.9. The Morgan fingerprint density at radius 2 is 2.00 bits per heavy atom. The van der Waals surface area contributed by atoms with E-state index in [-0.39, 0.29) is 5.09 Å². The second-order valence-electron chi connectivity index (χ2n) is 4.49. The largest absolute Gasteiger partial charge is 0.447 e. The van der Waals surface area contributed by atoms with Gasteiger partial charge in [0, 0.05) is 26.0 Å². The Morgan fingerprint density at radius 1 is 1.24 bits per heavy atom. The molecule has 0 N–H and O–H groups in total. The van der Waals surface area contributed by atoms with Crippen LogP contribution >= 0.6 is 23.4 Å². The van der Waals surface area contributed by atoms with Crippen molar-refractivity contribution < 1.29 is 12.8 Å². The molecule has 114 valence electrons. The first-order valence-electron chi connectivity index (χ1n) is 6.09. The minimum Gasteiger partial charge on any atom is -0.447 e. The lowest BCUT2D eigenvalue weighted by Gasteiger charge is -2.07. The van der Waals surface area contributed by atoms with Crippen LogP contribution in [-0.4, -0.2) is 31.8 Å². The summed E-state index contributed by atoms with van der Waals surface area (Å²) in [6, 6.07) is 6.82. The molecule has 2 rings (SSSR count). The summed E-state index contributed by atoms with van der Waals surface area (Å²) in [4.78, 5) is 4.00. The topological polar surface area (TPSA) is 63.4 Å². The van der Waals surface area contributed by atoms with Gasteiger partial charge < -0.3 is 4.42 Å². The second-order valence-corrected chi connectivity index (χ2v) is 7.95. The predicted octanol–water partition coefficient (Wildman–Crippen LogP) is 3.01. The molecule has 21 heavy (non-hydrogen) atoms. The van der Waals surface area contributed by atoms with Crippen molar-refractivity contribution in [3.05, 3.63) is 46.9 Å². The van der Waals surface area contributed by atoms with Gasteiger partial charge in [0.15, 0.2) is 0 Å². The lowest BCUT2D eigenvalue weighted by atomic mass is 10.3. The number of nitrogens with zero attached hydrogens (tertiary/aromatic N) is 2. The number of thioether (sulfide) groups is 1. The molecule has 8 heteroatoms. The van der Waals surface area contributed by atoms with Gasteiger partial charge in [-0.2, -0.15) is 0 Å². The number of sulfonamides is 1. The average Bonchev–Trinajstić information content (AvgIpc) is 2.90. The molecule has 0 saturated carbocycles. The normalized spacial score (nSPS) is 12.0. The fourth-order valence-corrected chi connectivity index (χ4v) is 3.30. The van der Waals surface area contributed by atoms with E-state index in [2.05, 4.69) is 4.98 Å². The maximum Gasteiger partial charge on any atom is 0.275 e. The van der Waals surface area contributed by atoms with Crippen molar-refractivity contribution in [1.82, 2.24) is 9.29 Å². The van der Waals surface area contributed by atoms with Crippen LogP contribution in [0.1, 0.15) is 11.3 Å². The van der Waals surface area contributed by atoms with Crippen LogP contribution in [0.3, 0.4) is 0 Å². The monoisotopic (exact) mass is 346 g/mol. The third-order valence-electron chi connectivity index (χ3n) is 2.67. The number of pyridine rings is 1. The molecular weight excluding hydrogens is 332 g/mol. The van der Waals surface area contributed by atoms with Crippen molar-refractivity contribution in [3.8, 4) is 0 Å². The summed E-state index contributed by atoms with van der Waals surface area (Å²) < 4.78 is 30.3. The van der Waals surface area contributed by atoms with Crippen LogP contribution in [0.2, 0.25) is 5.15 Å². The van der Waals surface area contributed by atoms with Crippen LogP contribution in [0.15, 0.2) is 40.0 Å². The Bertz CT molecular complexity index is 696. The van der Waals surface area contributed by atoms with E-state index in [4.69, 9.17) is 16.0 Å². The summed E-state index contributed by atoms with van der Waals surface area (Å²) in [5, 5.41) is 0.435. The smallest absolute Gasteiger partial charge is 0.275 e. The molecule has 0 aromatic carbocycles. The first-order chi connectivity index (χ1) is 9.89. The first-order valence-corrected chi connectivity index (χ1v) is 9.06. The molecule has 0 fully saturated rings. The molecule has 0 amide bonds. The Morgan fingerprint density at radius 3 is 2.62 bits per heavy atom. The van der Waals surface area contributed by atoms with Crippen LogP contribution in [0.5, 0.6) is 0 Å². The minimum atomic E-state index is -3.51. The molecule has 0 aliphatic heterocycles. The third-order valence-corrected chi connectivity index (χ3v) is 5.61. The molecular formula is C13H15ClN2O3S2. The van der Waals surface area contributed by atoms with Gasteiger partial charge in [-0.3, -0.25) is 0 Å². The highest BCUT2D eigenvalue weighted by Gasteiger charge is 2.21. The number of aromatic nitrogens is 1. The summed E-state index contributed by atoms with van der Waals surface area (Å²) in [7, 11) is -0.561. The van der Waals surface area contributed by atoms with Crippen LogP contribution in [-0.2, 0) is 21.5 Å². The molecule has 0 aliphatic carbocycles. The molecule has 5 nitrogen and oxygen atoms in total. The van der Waals surface area contributed by atoms with E-state index in [9.17, 15) is 8.42 Å². The molecule has 2 aromatic rings. The fourth-order valence-electron chi connectivity index (χ4n) is 1.52. The van der Waals surface area contributed by atoms with Gasteiger partial charge >= 0.3 is 0 Å². The molecule has 2 aromatic heterocycles. The van der Waals surface area contributed by atoms with E-state index in [1.165, 1.54) is 20.2 Å². The summed E-state index contributed by atoms with van der Waals surface area (Å²) in [6.07, 6.45) is 1.72. The predicted molar refractivity (Wildman–Crippen MR) is 83.8 cm³/mol. The van der Waals surface area contributed by atoms with Gasteiger partial charge in [-0.05, 0) is 23.8 Å². The highest BCUT2D eigenvalue weighted by Crippen LogP contribution is 2.22. The molecule has 0 atom stereocenters. The van der Waals surface area contributed by atoms with Gasteiger partial charge in [0.1, 0.15) is 10.9 Å². The van der Waals surface area contributed by atoms with Gasteiger partial charge in [0.2, 0.25) is 5.09 Å². The number of hydrogen-bond donors (Lipinski definition) is 0. The molecule has 0 bridgehead atoms. The Hall–Kier alpha value is -1.02. The van der Waals surface area contributed by atoms with Gasteiger partial charge in [-0.1, -0.05) is 17.7 Å². The average molecular weight is 347 g/mol. The fraction of sp³-hybridized carbons (Fsp3) is 0.308. The first kappa shape index (κ1) is 16.4. The maximum absolute atomic E-state index is 11.9. The quantitative estimate of drug-likeness (QED) is 0.752. The number of furan rings is 1. The summed E-state index contributed by atoms with van der Waals surface area (Å²) in [6.45, 7) is 0. The standard InChI is InChI=1S/C13H15ClN2O3S2/c1-16(2)21(17,18)13-6-4-11(19-13)9-20-8-10-3-5-12(14)15-7-10/h3-7H,8-9H2,1-2H3. The zero-order valence-electron chi connectivity index (χ0n) is 11.6. The summed E-state index contributed by atoms with van der Waals surface area (Å²) >= 11 is 7.33. The Balaban J connectivity index is 1.93. The zero-order chi connectivity index (χ0) is 15.5. The van der Waals surface area contributed by atoms with Gasteiger partial charge in [0.05, 0.1) is 5.75 Å². The van der Waals surface area contributed by atoms with Crippen molar-refractivity contribution in [1.29, 1.82) is 0 Å². The lowest BCUT2D eigenvalue weighted by molar-refractivity contribution is 0.408. The molecule has 0 radical (unpaired) electrons. The van der Waals surface area contributed by atoms with E-state index in [1.54, 1.807) is 30.1 Å². The molecule has 0 aliphatic rings. The van der Waals surface area contributed by atoms with E-state index in [0.717, 1.165) is 15.6 Å². The van der Waals surface area contributed by atoms with Gasteiger partial charge in [-0.25, -0.2) is 17.7 Å². The van der Waals surface area contributed by atoms with E-state index >= 15 is 0 Å². The molecule has 0 unspecified atom stereocenters. The van der Waals surface area contributed by atoms with Crippen LogP contribution in [0.4, 0.5) is 0 Å². The highest BCUT2D eigenvalue weighted by molar-refractivity contribution is 7.97. The van der Waals surface area contributed by atoms with E-state index < -0.39 is 10.0 Å². The number of halogens is 1. The molecule has 0 spiro atoms. The summed E-state index contributed by atoms with van der Waals surface area (Å²) in [5.74, 6) is 1.97. The van der Waals surface area contributed by atoms with Crippen LogP contribution in [0, 0.1) is 0 Å². The summed E-state index contributed by atoms with van der Waals surface area (Å²) in [5.41, 5.74) is 1.05. The number of rotatable bonds is 6. The van der Waals surface area contributed by atoms with Crippen molar-refractivity contribution in [2.24, 2.45) is 0 Å². The third kappa shape index (κ3) is 4.23. The molecule has 2 heterocycles. The van der Waals surface area contributed by atoms with Crippen LogP contribution in [0.25, 0.3) is 0 Å². The second kappa shape index (κ2) is 6.83. The van der Waals surface area contributed by atoms with E-state index in [0.29, 0.717) is 16.7 Å². The van der Waals surface area contributed by atoms with Gasteiger partial charge in [0.25, 0.3) is 10.0 Å². The SMILES string of the molecule is CN(C)S(=O)(=O)c1ccc(CSCc2ccc(Cl)nc2)o1. The van der Waals surface area contributed by atoms with Crippen LogP contribution < -0.4 is 0 Å².